The van der Waals surface area contributed by atoms with Gasteiger partial charge in [0, 0.05) is 13.1 Å². The highest BCUT2D eigenvalue weighted by atomic mass is 32.2. The second-order valence-corrected chi connectivity index (χ2v) is 9.90. The maximum Gasteiger partial charge on any atom is 0.293 e. The monoisotopic (exact) mass is 498 g/mol. The summed E-state index contributed by atoms with van der Waals surface area (Å²) in [7, 11) is 1.55. The van der Waals surface area contributed by atoms with Crippen LogP contribution in [0.4, 0.5) is 4.79 Å². The van der Waals surface area contributed by atoms with Crippen molar-refractivity contribution >= 4 is 46.7 Å². The van der Waals surface area contributed by atoms with Gasteiger partial charge in [0.1, 0.15) is 5.37 Å². The van der Waals surface area contributed by atoms with Crippen LogP contribution in [0.15, 0.2) is 47.4 Å². The second-order valence-electron chi connectivity index (χ2n) is 7.84. The Morgan fingerprint density at radius 1 is 1.09 bits per heavy atom. The molecule has 2 aromatic rings. The van der Waals surface area contributed by atoms with Crippen molar-refractivity contribution in [1.82, 2.24) is 9.80 Å². The Kier molecular flexibility index (Phi) is 7.53. The first-order valence-corrected chi connectivity index (χ1v) is 12.8. The lowest BCUT2D eigenvalue weighted by molar-refractivity contribution is -0.129. The fourth-order valence-corrected chi connectivity index (χ4v) is 5.97. The Morgan fingerprint density at radius 3 is 2.65 bits per heavy atom. The number of methoxy groups -OCH3 is 1. The minimum atomic E-state index is -0.353. The number of hydrogen-bond donors (Lipinski definition) is 0. The number of imide groups is 1. The third-order valence-corrected chi connectivity index (χ3v) is 7.68. The van der Waals surface area contributed by atoms with Crippen molar-refractivity contribution in [2.75, 3.05) is 32.6 Å². The molecule has 2 aromatic carbocycles. The highest BCUT2D eigenvalue weighted by Gasteiger charge is 2.38. The molecule has 0 bridgehead atoms. The van der Waals surface area contributed by atoms with Crippen molar-refractivity contribution < 1.29 is 23.9 Å². The minimum absolute atomic E-state index is 0.0144. The van der Waals surface area contributed by atoms with E-state index in [1.165, 1.54) is 4.90 Å². The third kappa shape index (κ3) is 5.10. The lowest BCUT2D eigenvalue weighted by atomic mass is 10.1. The quantitative estimate of drug-likeness (QED) is 0.488. The van der Waals surface area contributed by atoms with E-state index >= 15 is 0 Å². The molecular formula is C25H26N2O5S2. The molecule has 2 saturated heterocycles. The van der Waals surface area contributed by atoms with Crippen LogP contribution in [-0.4, -0.2) is 59.4 Å². The van der Waals surface area contributed by atoms with Gasteiger partial charge < -0.3 is 14.4 Å². The molecule has 2 heterocycles. The number of carbonyl (C=O) groups is 3. The number of thioether (sulfide) groups is 2. The van der Waals surface area contributed by atoms with Gasteiger partial charge in [0.05, 0.1) is 24.4 Å². The molecule has 0 saturated carbocycles. The standard InChI is InChI=1S/C25H26N2O5S2/c1-4-32-19-9-8-17(13-20(19)31-3)14-21-23(29)27(25(30)34-21)11-10-26-22(28)15-33-24(26)18-7-5-6-16(2)12-18/h5-9,12-14,24H,4,10-11,15H2,1-3H3/b21-14+/t24-/m1/s1. The average molecular weight is 499 g/mol. The molecule has 1 atom stereocenters. The summed E-state index contributed by atoms with van der Waals surface area (Å²) in [4.78, 5) is 41.4. The van der Waals surface area contributed by atoms with Crippen LogP contribution < -0.4 is 9.47 Å². The number of carbonyl (C=O) groups excluding carboxylic acids is 3. The summed E-state index contributed by atoms with van der Waals surface area (Å²) in [5, 5.41) is -0.445. The first-order valence-electron chi connectivity index (χ1n) is 10.9. The number of hydrogen-bond acceptors (Lipinski definition) is 7. The number of ether oxygens (including phenoxy) is 2. The van der Waals surface area contributed by atoms with Crippen LogP contribution in [0, 0.1) is 6.92 Å². The van der Waals surface area contributed by atoms with Crippen molar-refractivity contribution in [2.45, 2.75) is 19.2 Å². The zero-order valence-electron chi connectivity index (χ0n) is 19.3. The van der Waals surface area contributed by atoms with Gasteiger partial charge >= 0.3 is 0 Å². The molecule has 178 valence electrons. The number of nitrogens with zero attached hydrogens (tertiary/aromatic N) is 2. The summed E-state index contributed by atoms with van der Waals surface area (Å²) < 4.78 is 10.9. The highest BCUT2D eigenvalue weighted by molar-refractivity contribution is 8.18. The smallest absolute Gasteiger partial charge is 0.293 e. The summed E-state index contributed by atoms with van der Waals surface area (Å²) >= 11 is 2.47. The van der Waals surface area contributed by atoms with Gasteiger partial charge in [0.2, 0.25) is 5.91 Å². The summed E-state index contributed by atoms with van der Waals surface area (Å²) in [6.45, 7) is 4.87. The Hall–Kier alpha value is -2.91. The van der Waals surface area contributed by atoms with E-state index in [2.05, 4.69) is 6.07 Å². The lowest BCUT2D eigenvalue weighted by Crippen LogP contribution is -2.39. The molecule has 0 aromatic heterocycles. The third-order valence-electron chi connectivity index (χ3n) is 5.52. The van der Waals surface area contributed by atoms with E-state index in [0.717, 1.165) is 28.5 Å². The van der Waals surface area contributed by atoms with Gasteiger partial charge in [0.15, 0.2) is 11.5 Å². The van der Waals surface area contributed by atoms with E-state index in [1.54, 1.807) is 42.0 Å². The van der Waals surface area contributed by atoms with Crippen LogP contribution in [0.1, 0.15) is 29.0 Å². The largest absolute Gasteiger partial charge is 0.493 e. The van der Waals surface area contributed by atoms with E-state index in [-0.39, 0.29) is 29.0 Å². The van der Waals surface area contributed by atoms with Crippen LogP contribution in [0.3, 0.4) is 0 Å². The first kappa shape index (κ1) is 24.2. The molecule has 0 unspecified atom stereocenters. The van der Waals surface area contributed by atoms with Gasteiger partial charge in [-0.3, -0.25) is 19.3 Å². The van der Waals surface area contributed by atoms with Crippen LogP contribution >= 0.6 is 23.5 Å². The van der Waals surface area contributed by atoms with Crippen molar-refractivity contribution in [3.05, 3.63) is 64.1 Å². The van der Waals surface area contributed by atoms with Crippen molar-refractivity contribution in [3.63, 3.8) is 0 Å². The number of amides is 3. The molecule has 7 nitrogen and oxygen atoms in total. The first-order chi connectivity index (χ1) is 16.4. The van der Waals surface area contributed by atoms with Crippen LogP contribution in [0.5, 0.6) is 11.5 Å². The second kappa shape index (κ2) is 10.6. The predicted molar refractivity (Wildman–Crippen MR) is 135 cm³/mol. The average Bonchev–Trinajstić information content (AvgIpc) is 3.32. The zero-order valence-corrected chi connectivity index (χ0v) is 20.9. The van der Waals surface area contributed by atoms with Gasteiger partial charge in [-0.25, -0.2) is 0 Å². The van der Waals surface area contributed by atoms with E-state index < -0.39 is 0 Å². The van der Waals surface area contributed by atoms with E-state index in [1.807, 2.05) is 38.1 Å². The molecule has 34 heavy (non-hydrogen) atoms. The van der Waals surface area contributed by atoms with Crippen molar-refractivity contribution in [3.8, 4) is 11.5 Å². The van der Waals surface area contributed by atoms with Crippen molar-refractivity contribution in [1.29, 1.82) is 0 Å². The molecule has 0 aliphatic carbocycles. The summed E-state index contributed by atoms with van der Waals surface area (Å²) in [6, 6.07) is 13.4. The van der Waals surface area contributed by atoms with Crippen LogP contribution in [0.25, 0.3) is 6.08 Å². The molecule has 0 radical (unpaired) electrons. The van der Waals surface area contributed by atoms with E-state index in [0.29, 0.717) is 35.3 Å². The topological polar surface area (TPSA) is 76.2 Å². The fraction of sp³-hybridized carbons (Fsp3) is 0.320. The highest BCUT2D eigenvalue weighted by Crippen LogP contribution is 2.39. The fourth-order valence-electron chi connectivity index (χ4n) is 3.90. The summed E-state index contributed by atoms with van der Waals surface area (Å²) in [6.07, 6.45) is 1.68. The molecule has 0 N–H and O–H groups in total. The molecule has 2 aliphatic heterocycles. The van der Waals surface area contributed by atoms with Gasteiger partial charge in [-0.1, -0.05) is 35.9 Å². The molecule has 0 spiro atoms. The Balaban J connectivity index is 1.46. The van der Waals surface area contributed by atoms with Crippen LogP contribution in [0.2, 0.25) is 0 Å². The predicted octanol–water partition coefficient (Wildman–Crippen LogP) is 4.71. The van der Waals surface area contributed by atoms with Gasteiger partial charge in [0.25, 0.3) is 11.1 Å². The number of rotatable bonds is 8. The van der Waals surface area contributed by atoms with Crippen molar-refractivity contribution in [2.24, 2.45) is 0 Å². The van der Waals surface area contributed by atoms with Gasteiger partial charge in [-0.05, 0) is 54.9 Å². The van der Waals surface area contributed by atoms with Gasteiger partial charge in [-0.2, -0.15) is 0 Å². The molecule has 4 rings (SSSR count). The van der Waals surface area contributed by atoms with Gasteiger partial charge in [-0.15, -0.1) is 11.8 Å². The SMILES string of the molecule is CCOc1ccc(/C=C2/SC(=O)N(CCN3C(=O)CS[C@@H]3c3cccc(C)c3)C2=O)cc1OC. The Bertz CT molecular complexity index is 1150. The zero-order chi connectivity index (χ0) is 24.2. The summed E-state index contributed by atoms with van der Waals surface area (Å²) in [5.74, 6) is 1.23. The molecule has 2 fully saturated rings. The maximum absolute atomic E-state index is 13.0. The lowest BCUT2D eigenvalue weighted by Gasteiger charge is -2.26. The van der Waals surface area contributed by atoms with E-state index in [4.69, 9.17) is 9.47 Å². The number of aryl methyl sites for hydroxylation is 1. The minimum Gasteiger partial charge on any atom is -0.493 e. The molecule has 9 heteroatoms. The number of benzene rings is 2. The Labute approximate surface area is 207 Å². The van der Waals surface area contributed by atoms with E-state index in [9.17, 15) is 14.4 Å². The maximum atomic E-state index is 13.0. The van der Waals surface area contributed by atoms with Crippen LogP contribution in [-0.2, 0) is 9.59 Å². The molecule has 3 amide bonds. The Morgan fingerprint density at radius 2 is 1.91 bits per heavy atom. The molecule has 2 aliphatic rings. The summed E-state index contributed by atoms with van der Waals surface area (Å²) in [5.41, 5.74) is 2.91. The normalized spacial score (nSPS) is 19.4. The molecular weight excluding hydrogens is 472 g/mol.